The van der Waals surface area contributed by atoms with Gasteiger partial charge in [-0.05, 0) is 89.3 Å². The molecule has 0 spiro atoms. The van der Waals surface area contributed by atoms with Crippen LogP contribution in [0.25, 0.3) is 22.5 Å². The van der Waals surface area contributed by atoms with Crippen LogP contribution < -0.4 is 9.47 Å². The van der Waals surface area contributed by atoms with E-state index < -0.39 is 0 Å². The van der Waals surface area contributed by atoms with Gasteiger partial charge in [-0.25, -0.2) is 0 Å². The number of aromatic nitrogens is 6. The maximum Gasteiger partial charge on any atom is 0.119 e. The predicted octanol–water partition coefficient (Wildman–Crippen LogP) is 5.35. The molecule has 0 N–H and O–H groups in total. The monoisotopic (exact) mass is 622 g/mol. The largest absolute Gasteiger partial charge is 0.494 e. The third-order valence-corrected chi connectivity index (χ3v) is 7.70. The molecule has 0 bridgehead atoms. The van der Waals surface area contributed by atoms with E-state index in [4.69, 9.17) is 9.47 Å². The first-order chi connectivity index (χ1) is 22.4. The van der Waals surface area contributed by atoms with Crippen molar-refractivity contribution in [3.05, 3.63) is 96.3 Å². The SMILES string of the molecule is CN(C)CCCOc1ccc(CCn2cc(-c3ccc(-c4cn(CCc5ccc(OCCCN(C)C)cc5)nn4)cc3)nn2)cc1. The van der Waals surface area contributed by atoms with E-state index in [9.17, 15) is 0 Å². The number of aryl methyl sites for hydroxylation is 4. The summed E-state index contributed by atoms with van der Waals surface area (Å²) in [6.07, 6.45) is 7.76. The van der Waals surface area contributed by atoms with E-state index in [1.807, 2.05) is 46.0 Å². The molecule has 0 saturated heterocycles. The Kier molecular flexibility index (Phi) is 11.9. The van der Waals surface area contributed by atoms with Crippen molar-refractivity contribution in [2.24, 2.45) is 0 Å². The average Bonchev–Trinajstić information content (AvgIpc) is 3.75. The lowest BCUT2D eigenvalue weighted by Gasteiger charge is -2.10. The Bertz CT molecular complexity index is 1470. The molecule has 242 valence electrons. The quantitative estimate of drug-likeness (QED) is 0.121. The molecule has 5 aromatic rings. The van der Waals surface area contributed by atoms with Crippen molar-refractivity contribution in [2.75, 3.05) is 54.5 Å². The molecule has 0 aliphatic heterocycles. The van der Waals surface area contributed by atoms with Gasteiger partial charge in [0.2, 0.25) is 0 Å². The van der Waals surface area contributed by atoms with Gasteiger partial charge in [-0.2, -0.15) is 0 Å². The second-order valence-electron chi connectivity index (χ2n) is 12.1. The molecule has 2 heterocycles. The van der Waals surface area contributed by atoms with Crippen LogP contribution in [0.1, 0.15) is 24.0 Å². The van der Waals surface area contributed by atoms with E-state index in [1.54, 1.807) is 0 Å². The third-order valence-electron chi connectivity index (χ3n) is 7.70. The van der Waals surface area contributed by atoms with E-state index in [2.05, 4.69) is 107 Å². The molecule has 10 heteroatoms. The molecule has 0 saturated carbocycles. The van der Waals surface area contributed by atoms with Crippen molar-refractivity contribution in [1.29, 1.82) is 0 Å². The predicted molar refractivity (Wildman–Crippen MR) is 182 cm³/mol. The van der Waals surface area contributed by atoms with Gasteiger partial charge in [0.05, 0.1) is 25.6 Å². The topological polar surface area (TPSA) is 86.4 Å². The van der Waals surface area contributed by atoms with Gasteiger partial charge in [0.15, 0.2) is 0 Å². The molecule has 2 aromatic heterocycles. The Hall–Kier alpha value is -4.54. The molecule has 5 rings (SSSR count). The summed E-state index contributed by atoms with van der Waals surface area (Å²) in [5.74, 6) is 1.82. The average molecular weight is 623 g/mol. The lowest BCUT2D eigenvalue weighted by atomic mass is 10.1. The molecule has 46 heavy (non-hydrogen) atoms. The van der Waals surface area contributed by atoms with E-state index >= 15 is 0 Å². The highest BCUT2D eigenvalue weighted by Crippen LogP contribution is 2.23. The van der Waals surface area contributed by atoms with Crippen LogP contribution in [0.15, 0.2) is 85.2 Å². The number of rotatable bonds is 18. The molecule has 0 aliphatic carbocycles. The highest BCUT2D eigenvalue weighted by atomic mass is 16.5. The normalized spacial score (nSPS) is 11.4. The number of benzene rings is 3. The molecule has 3 aromatic carbocycles. The summed E-state index contributed by atoms with van der Waals surface area (Å²) >= 11 is 0. The lowest BCUT2D eigenvalue weighted by molar-refractivity contribution is 0.281. The molecular formula is C36H46N8O2. The second-order valence-corrected chi connectivity index (χ2v) is 12.1. The van der Waals surface area contributed by atoms with Gasteiger partial charge in [0.25, 0.3) is 0 Å². The molecular weight excluding hydrogens is 576 g/mol. The molecule has 0 amide bonds. The summed E-state index contributed by atoms with van der Waals surface area (Å²) in [4.78, 5) is 4.33. The van der Waals surface area contributed by atoms with E-state index in [0.29, 0.717) is 0 Å². The lowest BCUT2D eigenvalue weighted by Crippen LogP contribution is -2.15. The maximum absolute atomic E-state index is 5.84. The number of hydrogen-bond acceptors (Lipinski definition) is 8. The first-order valence-electron chi connectivity index (χ1n) is 16.1. The minimum atomic E-state index is 0.727. The van der Waals surface area contributed by atoms with Gasteiger partial charge >= 0.3 is 0 Å². The van der Waals surface area contributed by atoms with Gasteiger partial charge < -0.3 is 19.3 Å². The summed E-state index contributed by atoms with van der Waals surface area (Å²) in [6.45, 7) is 5.02. The summed E-state index contributed by atoms with van der Waals surface area (Å²) in [5.41, 5.74) is 6.21. The van der Waals surface area contributed by atoms with Gasteiger partial charge in [-0.15, -0.1) is 10.2 Å². The standard InChI is InChI=1S/C36H46N8O2/c1-41(2)21-5-25-45-33-15-7-29(8-16-33)19-23-43-27-35(37-39-43)31-11-13-32(14-12-31)36-28-44(40-38-36)24-20-30-9-17-34(18-10-30)46-26-6-22-42(3)4/h7-18,27-28H,5-6,19-26H2,1-4H3. The Labute approximate surface area is 272 Å². The van der Waals surface area contributed by atoms with Gasteiger partial charge in [0, 0.05) is 37.3 Å². The number of ether oxygens (including phenoxy) is 2. The Morgan fingerprint density at radius 3 is 1.30 bits per heavy atom. The van der Waals surface area contributed by atoms with E-state index in [-0.39, 0.29) is 0 Å². The van der Waals surface area contributed by atoms with Crippen LogP contribution in [0, 0.1) is 0 Å². The van der Waals surface area contributed by atoms with Gasteiger partial charge in [-0.3, -0.25) is 9.36 Å². The smallest absolute Gasteiger partial charge is 0.119 e. The van der Waals surface area contributed by atoms with Crippen LogP contribution in [-0.2, 0) is 25.9 Å². The van der Waals surface area contributed by atoms with Crippen LogP contribution in [0.5, 0.6) is 11.5 Å². The van der Waals surface area contributed by atoms with Crippen molar-refractivity contribution in [1.82, 2.24) is 39.8 Å². The van der Waals surface area contributed by atoms with E-state index in [1.165, 1.54) is 11.1 Å². The summed E-state index contributed by atoms with van der Waals surface area (Å²) in [5, 5.41) is 17.5. The fraction of sp³-hybridized carbons (Fsp3) is 0.389. The summed E-state index contributed by atoms with van der Waals surface area (Å²) < 4.78 is 15.5. The minimum Gasteiger partial charge on any atom is -0.494 e. The number of hydrogen-bond donors (Lipinski definition) is 0. The first-order valence-corrected chi connectivity index (χ1v) is 16.1. The van der Waals surface area contributed by atoms with Crippen molar-refractivity contribution >= 4 is 0 Å². The van der Waals surface area contributed by atoms with E-state index in [0.717, 1.165) is 99.1 Å². The fourth-order valence-electron chi connectivity index (χ4n) is 5.03. The zero-order valence-electron chi connectivity index (χ0n) is 27.5. The van der Waals surface area contributed by atoms with Crippen LogP contribution in [0.3, 0.4) is 0 Å². The summed E-state index contributed by atoms with van der Waals surface area (Å²) in [6, 6.07) is 24.9. The molecule has 10 nitrogen and oxygen atoms in total. The zero-order chi connectivity index (χ0) is 32.1. The summed E-state index contributed by atoms with van der Waals surface area (Å²) in [7, 11) is 8.30. The second kappa shape index (κ2) is 16.7. The fourth-order valence-corrected chi connectivity index (χ4v) is 5.03. The Balaban J connectivity index is 1.06. The molecule has 0 radical (unpaired) electrons. The highest BCUT2D eigenvalue weighted by Gasteiger charge is 2.08. The van der Waals surface area contributed by atoms with Crippen LogP contribution in [-0.4, -0.2) is 94.3 Å². The Morgan fingerprint density at radius 2 is 0.935 bits per heavy atom. The number of nitrogens with zero attached hydrogens (tertiary/aromatic N) is 8. The molecule has 0 fully saturated rings. The van der Waals surface area contributed by atoms with Crippen LogP contribution >= 0.6 is 0 Å². The van der Waals surface area contributed by atoms with Crippen molar-refractivity contribution in [3.8, 4) is 34.0 Å². The molecule has 0 atom stereocenters. The van der Waals surface area contributed by atoms with Gasteiger partial charge in [0.1, 0.15) is 22.9 Å². The minimum absolute atomic E-state index is 0.727. The van der Waals surface area contributed by atoms with Crippen molar-refractivity contribution < 1.29 is 9.47 Å². The Morgan fingerprint density at radius 1 is 0.543 bits per heavy atom. The van der Waals surface area contributed by atoms with Gasteiger partial charge in [-0.1, -0.05) is 59.0 Å². The molecule has 0 unspecified atom stereocenters. The molecule has 0 aliphatic rings. The van der Waals surface area contributed by atoms with Crippen LogP contribution in [0.2, 0.25) is 0 Å². The highest BCUT2D eigenvalue weighted by molar-refractivity contribution is 5.65. The van der Waals surface area contributed by atoms with Crippen molar-refractivity contribution in [3.63, 3.8) is 0 Å². The third kappa shape index (κ3) is 10.3. The zero-order valence-corrected chi connectivity index (χ0v) is 27.5. The van der Waals surface area contributed by atoms with Crippen LogP contribution in [0.4, 0.5) is 0 Å². The maximum atomic E-state index is 5.84. The first kappa shape index (κ1) is 32.8. The van der Waals surface area contributed by atoms with Crippen molar-refractivity contribution in [2.45, 2.75) is 38.8 Å².